The third kappa shape index (κ3) is 4.23. The van der Waals surface area contributed by atoms with Crippen LogP contribution < -0.4 is 5.32 Å². The number of nitrogens with one attached hydrogen (secondary N) is 1. The molecule has 0 unspecified atom stereocenters. The summed E-state index contributed by atoms with van der Waals surface area (Å²) in [5.74, 6) is 3.02. The zero-order valence-electron chi connectivity index (χ0n) is 12.3. The number of anilines is 1. The molecule has 0 fully saturated rings. The summed E-state index contributed by atoms with van der Waals surface area (Å²) in [6, 6.07) is 12.4. The molecule has 1 N–H and O–H groups in total. The monoisotopic (exact) mass is 287 g/mol. The van der Waals surface area contributed by atoms with Crippen LogP contribution in [0, 0.1) is 0 Å². The molecule has 4 heteroatoms. The van der Waals surface area contributed by atoms with E-state index in [2.05, 4.69) is 60.3 Å². The van der Waals surface area contributed by atoms with Gasteiger partial charge in [-0.2, -0.15) is 0 Å². The Labute approximate surface area is 125 Å². The van der Waals surface area contributed by atoms with Crippen LogP contribution in [-0.4, -0.2) is 16.5 Å². The molecule has 106 valence electrons. The van der Waals surface area contributed by atoms with Gasteiger partial charge in [0.05, 0.1) is 5.75 Å². The van der Waals surface area contributed by atoms with Crippen molar-refractivity contribution >= 4 is 17.6 Å². The fourth-order valence-electron chi connectivity index (χ4n) is 1.81. The molecule has 0 aliphatic rings. The highest BCUT2D eigenvalue weighted by Crippen LogP contribution is 2.23. The molecule has 0 saturated heterocycles. The molecule has 0 atom stereocenters. The van der Waals surface area contributed by atoms with E-state index in [0.717, 1.165) is 29.6 Å². The van der Waals surface area contributed by atoms with Crippen molar-refractivity contribution in [3.8, 4) is 0 Å². The lowest BCUT2D eigenvalue weighted by atomic mass is 10.1. The minimum Gasteiger partial charge on any atom is -0.370 e. The lowest BCUT2D eigenvalue weighted by Gasteiger charge is -2.11. The summed E-state index contributed by atoms with van der Waals surface area (Å²) in [6.45, 7) is 7.27. The molecular formula is C16H21N3S. The maximum Gasteiger partial charge on any atom is 0.141 e. The Kier molecular flexibility index (Phi) is 5.41. The number of hydrogen-bond donors (Lipinski definition) is 1. The SMILES string of the molecule is CCNc1cc(C(C)C)nc(CSc2ccccc2)n1. The largest absolute Gasteiger partial charge is 0.370 e. The molecule has 0 aliphatic heterocycles. The Hall–Kier alpha value is -1.55. The van der Waals surface area contributed by atoms with Crippen molar-refractivity contribution in [3.05, 3.63) is 47.9 Å². The summed E-state index contributed by atoms with van der Waals surface area (Å²) in [6.07, 6.45) is 0. The molecule has 0 bridgehead atoms. The number of nitrogens with zero attached hydrogens (tertiary/aromatic N) is 2. The zero-order chi connectivity index (χ0) is 14.4. The fraction of sp³-hybridized carbons (Fsp3) is 0.375. The summed E-state index contributed by atoms with van der Waals surface area (Å²) in [4.78, 5) is 10.5. The predicted molar refractivity (Wildman–Crippen MR) is 86.3 cm³/mol. The summed E-state index contributed by atoms with van der Waals surface area (Å²) >= 11 is 1.77. The summed E-state index contributed by atoms with van der Waals surface area (Å²) < 4.78 is 0. The van der Waals surface area contributed by atoms with Crippen molar-refractivity contribution in [2.45, 2.75) is 37.3 Å². The standard InChI is InChI=1S/C16H21N3S/c1-4-17-15-10-14(12(2)3)18-16(19-15)11-20-13-8-6-5-7-9-13/h5-10,12H,4,11H2,1-3H3,(H,17,18,19). The van der Waals surface area contributed by atoms with Crippen LogP contribution >= 0.6 is 11.8 Å². The van der Waals surface area contributed by atoms with Crippen LogP contribution in [0.1, 0.15) is 38.2 Å². The molecule has 2 aromatic rings. The van der Waals surface area contributed by atoms with Gasteiger partial charge in [-0.05, 0) is 25.0 Å². The molecule has 0 aliphatic carbocycles. The predicted octanol–water partition coefficient (Wildman–Crippen LogP) is 4.32. The molecule has 0 amide bonds. The van der Waals surface area contributed by atoms with Gasteiger partial charge in [0.25, 0.3) is 0 Å². The molecule has 3 nitrogen and oxygen atoms in total. The molecule has 1 aromatic carbocycles. The number of rotatable bonds is 6. The van der Waals surface area contributed by atoms with E-state index in [1.54, 1.807) is 11.8 Å². The van der Waals surface area contributed by atoms with Crippen molar-refractivity contribution in [2.24, 2.45) is 0 Å². The highest BCUT2D eigenvalue weighted by Gasteiger charge is 2.08. The Bertz CT molecular complexity index is 541. The van der Waals surface area contributed by atoms with Gasteiger partial charge in [0, 0.05) is 23.2 Å². The quantitative estimate of drug-likeness (QED) is 0.803. The third-order valence-corrected chi connectivity index (χ3v) is 3.86. The number of aromatic nitrogens is 2. The molecule has 1 heterocycles. The molecule has 1 aromatic heterocycles. The van der Waals surface area contributed by atoms with Crippen molar-refractivity contribution < 1.29 is 0 Å². The van der Waals surface area contributed by atoms with Gasteiger partial charge in [-0.15, -0.1) is 11.8 Å². The minimum absolute atomic E-state index is 0.413. The minimum atomic E-state index is 0.413. The zero-order valence-corrected chi connectivity index (χ0v) is 13.1. The van der Waals surface area contributed by atoms with Crippen LogP contribution in [0.15, 0.2) is 41.3 Å². The van der Waals surface area contributed by atoms with E-state index in [-0.39, 0.29) is 0 Å². The van der Waals surface area contributed by atoms with Crippen LogP contribution in [0.3, 0.4) is 0 Å². The van der Waals surface area contributed by atoms with Gasteiger partial charge < -0.3 is 5.32 Å². The Balaban J connectivity index is 2.13. The van der Waals surface area contributed by atoms with Gasteiger partial charge in [0.15, 0.2) is 0 Å². The van der Waals surface area contributed by atoms with E-state index in [1.165, 1.54) is 4.90 Å². The normalized spacial score (nSPS) is 10.8. The second kappa shape index (κ2) is 7.29. The van der Waals surface area contributed by atoms with E-state index in [1.807, 2.05) is 12.1 Å². The first-order valence-electron chi connectivity index (χ1n) is 6.98. The molecule has 0 saturated carbocycles. The first kappa shape index (κ1) is 14.9. The van der Waals surface area contributed by atoms with Gasteiger partial charge in [-0.3, -0.25) is 0 Å². The Morgan fingerprint density at radius 1 is 1.15 bits per heavy atom. The number of hydrogen-bond acceptors (Lipinski definition) is 4. The molecular weight excluding hydrogens is 266 g/mol. The summed E-state index contributed by atoms with van der Waals surface area (Å²) in [5.41, 5.74) is 1.10. The van der Waals surface area contributed by atoms with Gasteiger partial charge in [-0.1, -0.05) is 32.0 Å². The van der Waals surface area contributed by atoms with E-state index >= 15 is 0 Å². The number of thioether (sulfide) groups is 1. The summed E-state index contributed by atoms with van der Waals surface area (Å²) in [7, 11) is 0. The highest BCUT2D eigenvalue weighted by molar-refractivity contribution is 7.98. The highest BCUT2D eigenvalue weighted by atomic mass is 32.2. The van der Waals surface area contributed by atoms with Crippen LogP contribution in [0.4, 0.5) is 5.82 Å². The smallest absolute Gasteiger partial charge is 0.141 e. The van der Waals surface area contributed by atoms with Crippen LogP contribution in [0.25, 0.3) is 0 Å². The Morgan fingerprint density at radius 2 is 1.90 bits per heavy atom. The van der Waals surface area contributed by atoms with Crippen molar-refractivity contribution in [1.82, 2.24) is 9.97 Å². The third-order valence-electron chi connectivity index (χ3n) is 2.85. The lowest BCUT2D eigenvalue weighted by Crippen LogP contribution is -2.06. The second-order valence-electron chi connectivity index (χ2n) is 4.88. The van der Waals surface area contributed by atoms with Crippen LogP contribution in [0.2, 0.25) is 0 Å². The van der Waals surface area contributed by atoms with Crippen molar-refractivity contribution in [3.63, 3.8) is 0 Å². The van der Waals surface area contributed by atoms with Gasteiger partial charge in [0.2, 0.25) is 0 Å². The van der Waals surface area contributed by atoms with Gasteiger partial charge in [-0.25, -0.2) is 9.97 Å². The van der Waals surface area contributed by atoms with Gasteiger partial charge >= 0.3 is 0 Å². The van der Waals surface area contributed by atoms with Crippen LogP contribution in [-0.2, 0) is 5.75 Å². The van der Waals surface area contributed by atoms with Crippen molar-refractivity contribution in [1.29, 1.82) is 0 Å². The van der Waals surface area contributed by atoms with E-state index in [9.17, 15) is 0 Å². The molecule has 2 rings (SSSR count). The molecule has 0 radical (unpaired) electrons. The maximum atomic E-state index is 4.66. The topological polar surface area (TPSA) is 37.8 Å². The first-order chi connectivity index (χ1) is 9.69. The van der Waals surface area contributed by atoms with Crippen LogP contribution in [0.5, 0.6) is 0 Å². The van der Waals surface area contributed by atoms with Crippen molar-refractivity contribution in [2.75, 3.05) is 11.9 Å². The van der Waals surface area contributed by atoms with E-state index in [4.69, 9.17) is 0 Å². The fourth-order valence-corrected chi connectivity index (χ4v) is 2.59. The summed E-state index contributed by atoms with van der Waals surface area (Å²) in [5, 5.41) is 3.28. The first-order valence-corrected chi connectivity index (χ1v) is 7.97. The van der Waals surface area contributed by atoms with E-state index < -0.39 is 0 Å². The Morgan fingerprint density at radius 3 is 2.55 bits per heavy atom. The maximum absolute atomic E-state index is 4.66. The molecule has 0 spiro atoms. The average molecular weight is 287 g/mol. The van der Waals surface area contributed by atoms with Gasteiger partial charge in [0.1, 0.15) is 11.6 Å². The molecule has 20 heavy (non-hydrogen) atoms. The number of benzene rings is 1. The second-order valence-corrected chi connectivity index (χ2v) is 5.93. The lowest BCUT2D eigenvalue weighted by molar-refractivity contribution is 0.799. The van der Waals surface area contributed by atoms with E-state index in [0.29, 0.717) is 5.92 Å². The average Bonchev–Trinajstić information content (AvgIpc) is 2.46.